The summed E-state index contributed by atoms with van der Waals surface area (Å²) < 4.78 is 12.1. The van der Waals surface area contributed by atoms with Crippen molar-refractivity contribution < 1.29 is 19.1 Å². The van der Waals surface area contributed by atoms with Gasteiger partial charge in [-0.05, 0) is 59.7 Å². The van der Waals surface area contributed by atoms with E-state index in [1.54, 1.807) is 18.4 Å². The Bertz CT molecular complexity index is 1360. The highest BCUT2D eigenvalue weighted by Gasteiger charge is 2.18. The number of carboxylic acid groups (broad SMARTS) is 1. The molecule has 5 heteroatoms. The molecule has 5 rings (SSSR count). The topological polar surface area (TPSA) is 85.7 Å². The number of ether oxygens (including phenoxy) is 1. The number of furan rings is 1. The van der Waals surface area contributed by atoms with Gasteiger partial charge in [0.1, 0.15) is 17.9 Å². The summed E-state index contributed by atoms with van der Waals surface area (Å²) in [7, 11) is 0. The van der Waals surface area contributed by atoms with E-state index in [2.05, 4.69) is 36.4 Å². The summed E-state index contributed by atoms with van der Waals surface area (Å²) in [5.41, 5.74) is 12.6. The smallest absolute Gasteiger partial charge is 0.307 e. The second kappa shape index (κ2) is 9.57. The minimum atomic E-state index is -0.888. The van der Waals surface area contributed by atoms with Crippen LogP contribution in [-0.4, -0.2) is 11.1 Å². The number of carbonyl (C=O) groups is 1. The lowest BCUT2D eigenvalue weighted by molar-refractivity contribution is -0.136. The highest BCUT2D eigenvalue weighted by atomic mass is 16.5. The van der Waals surface area contributed by atoms with Crippen molar-refractivity contribution in [3.63, 3.8) is 0 Å². The molecule has 1 aliphatic rings. The van der Waals surface area contributed by atoms with E-state index >= 15 is 0 Å². The second-order valence-electron chi connectivity index (χ2n) is 8.77. The maximum absolute atomic E-state index is 11.2. The van der Waals surface area contributed by atoms with Crippen LogP contribution in [0.3, 0.4) is 0 Å². The minimum absolute atomic E-state index is 0.0833. The number of carboxylic acids is 1. The second-order valence-corrected chi connectivity index (χ2v) is 8.77. The van der Waals surface area contributed by atoms with Crippen molar-refractivity contribution in [3.8, 4) is 16.9 Å². The fourth-order valence-electron chi connectivity index (χ4n) is 4.13. The summed E-state index contributed by atoms with van der Waals surface area (Å²) in [5.74, 6) is 0.337. The Kier molecular flexibility index (Phi) is 6.19. The number of nitrogens with two attached hydrogens (primary N) is 1. The Morgan fingerprint density at radius 3 is 2.71 bits per heavy atom. The highest BCUT2D eigenvalue weighted by molar-refractivity contribution is 5.93. The zero-order valence-electron chi connectivity index (χ0n) is 18.9. The molecule has 0 unspecified atom stereocenters. The van der Waals surface area contributed by atoms with Crippen molar-refractivity contribution in [2.24, 2.45) is 11.7 Å². The molecule has 1 aliphatic carbocycles. The normalized spacial score (nSPS) is 13.6. The van der Waals surface area contributed by atoms with Gasteiger partial charge in [0, 0.05) is 28.6 Å². The van der Waals surface area contributed by atoms with Gasteiger partial charge in [-0.1, -0.05) is 48.6 Å². The standard InChI is InChI=1S/C29H27NO4/c30-16-20-4-3-6-21(12-20)24-13-23(11-10-19-8-9-19)29-26(14-24)25(18-34-29)17-33-27-7-2-1-5-22(27)15-28(31)32/h1-7,10-14,18-19H,8-9,15-17,30H2,(H,31,32)/b11-10+. The Morgan fingerprint density at radius 2 is 1.91 bits per heavy atom. The SMILES string of the molecule is NCc1cccc(-c2cc(/C=C/C3CC3)c3occ(COc4ccccc4CC(=O)O)c3c2)c1. The van der Waals surface area contributed by atoms with Gasteiger partial charge in [-0.2, -0.15) is 0 Å². The van der Waals surface area contributed by atoms with Crippen LogP contribution in [0.25, 0.3) is 28.2 Å². The summed E-state index contributed by atoms with van der Waals surface area (Å²) in [6, 6.07) is 19.8. The first kappa shape index (κ1) is 22.0. The number of hydrogen-bond acceptors (Lipinski definition) is 4. The first-order chi connectivity index (χ1) is 16.6. The molecule has 1 heterocycles. The van der Waals surface area contributed by atoms with Crippen LogP contribution in [0.5, 0.6) is 5.75 Å². The van der Waals surface area contributed by atoms with E-state index in [1.807, 2.05) is 24.3 Å². The largest absolute Gasteiger partial charge is 0.488 e. The van der Waals surface area contributed by atoms with Gasteiger partial charge in [0.05, 0.1) is 12.7 Å². The number of fused-ring (bicyclic) bond motifs is 1. The van der Waals surface area contributed by atoms with E-state index in [-0.39, 0.29) is 13.0 Å². The maximum Gasteiger partial charge on any atom is 0.307 e. The van der Waals surface area contributed by atoms with Crippen LogP contribution in [-0.2, 0) is 24.4 Å². The summed E-state index contributed by atoms with van der Waals surface area (Å²) in [6.45, 7) is 0.771. The van der Waals surface area contributed by atoms with Gasteiger partial charge < -0.3 is 20.0 Å². The molecule has 0 atom stereocenters. The summed E-state index contributed by atoms with van der Waals surface area (Å²) >= 11 is 0. The Labute approximate surface area is 198 Å². The quantitative estimate of drug-likeness (QED) is 0.316. The zero-order valence-corrected chi connectivity index (χ0v) is 18.9. The fraction of sp³-hybridized carbons (Fsp3) is 0.207. The van der Waals surface area contributed by atoms with Crippen LogP contribution < -0.4 is 10.5 Å². The molecule has 3 N–H and O–H groups in total. The molecule has 1 saturated carbocycles. The molecule has 3 aromatic carbocycles. The molecule has 0 spiro atoms. The predicted octanol–water partition coefficient (Wildman–Crippen LogP) is 6.19. The summed E-state index contributed by atoms with van der Waals surface area (Å²) in [5, 5.41) is 10.2. The minimum Gasteiger partial charge on any atom is -0.488 e. The van der Waals surface area contributed by atoms with E-state index in [0.29, 0.717) is 23.8 Å². The van der Waals surface area contributed by atoms with E-state index in [1.165, 1.54) is 12.8 Å². The number of allylic oxidation sites excluding steroid dienone is 1. The first-order valence-electron chi connectivity index (χ1n) is 11.5. The average Bonchev–Trinajstić information content (AvgIpc) is 3.59. The summed E-state index contributed by atoms with van der Waals surface area (Å²) in [4.78, 5) is 11.2. The van der Waals surface area contributed by atoms with Crippen LogP contribution in [0.15, 0.2) is 77.4 Å². The molecule has 0 amide bonds. The molecule has 4 aromatic rings. The van der Waals surface area contributed by atoms with Crippen molar-refractivity contribution in [2.75, 3.05) is 0 Å². The van der Waals surface area contributed by atoms with Crippen LogP contribution in [0.2, 0.25) is 0 Å². The lowest BCUT2D eigenvalue weighted by Crippen LogP contribution is -2.04. The van der Waals surface area contributed by atoms with Crippen molar-refractivity contribution in [2.45, 2.75) is 32.4 Å². The average molecular weight is 454 g/mol. The predicted molar refractivity (Wildman–Crippen MR) is 133 cm³/mol. The van der Waals surface area contributed by atoms with E-state index in [4.69, 9.17) is 14.9 Å². The van der Waals surface area contributed by atoms with Gasteiger partial charge in [0.25, 0.3) is 0 Å². The molecule has 172 valence electrons. The van der Waals surface area contributed by atoms with E-state index < -0.39 is 5.97 Å². The lowest BCUT2D eigenvalue weighted by Gasteiger charge is -2.10. The molecule has 34 heavy (non-hydrogen) atoms. The molecule has 5 nitrogen and oxygen atoms in total. The van der Waals surface area contributed by atoms with Crippen molar-refractivity contribution >= 4 is 23.0 Å². The molecule has 0 aliphatic heterocycles. The van der Waals surface area contributed by atoms with Gasteiger partial charge in [0.15, 0.2) is 0 Å². The third-order valence-electron chi connectivity index (χ3n) is 6.15. The highest BCUT2D eigenvalue weighted by Crippen LogP contribution is 2.35. The summed E-state index contributed by atoms with van der Waals surface area (Å²) in [6.07, 6.45) is 8.55. The van der Waals surface area contributed by atoms with Crippen LogP contribution in [0.1, 0.15) is 35.1 Å². The maximum atomic E-state index is 11.2. The number of hydrogen-bond donors (Lipinski definition) is 2. The van der Waals surface area contributed by atoms with E-state index in [9.17, 15) is 9.90 Å². The van der Waals surface area contributed by atoms with Crippen molar-refractivity contribution in [3.05, 3.63) is 95.3 Å². The van der Waals surface area contributed by atoms with Gasteiger partial charge >= 0.3 is 5.97 Å². The number of benzene rings is 3. The molecular weight excluding hydrogens is 426 g/mol. The number of para-hydroxylation sites is 1. The van der Waals surface area contributed by atoms with Gasteiger partial charge in [-0.25, -0.2) is 0 Å². The molecule has 1 aromatic heterocycles. The lowest BCUT2D eigenvalue weighted by atomic mass is 9.97. The Balaban J connectivity index is 1.52. The van der Waals surface area contributed by atoms with Gasteiger partial charge in [-0.15, -0.1) is 0 Å². The Hall–Kier alpha value is -3.83. The molecule has 0 radical (unpaired) electrons. The third-order valence-corrected chi connectivity index (χ3v) is 6.15. The first-order valence-corrected chi connectivity index (χ1v) is 11.5. The van der Waals surface area contributed by atoms with Crippen LogP contribution >= 0.6 is 0 Å². The fourth-order valence-corrected chi connectivity index (χ4v) is 4.13. The number of rotatable bonds is 9. The van der Waals surface area contributed by atoms with Gasteiger partial charge in [0.2, 0.25) is 0 Å². The molecule has 0 saturated heterocycles. The van der Waals surface area contributed by atoms with Crippen molar-refractivity contribution in [1.82, 2.24) is 0 Å². The van der Waals surface area contributed by atoms with Gasteiger partial charge in [-0.3, -0.25) is 4.79 Å². The molecule has 1 fully saturated rings. The van der Waals surface area contributed by atoms with Crippen LogP contribution in [0.4, 0.5) is 0 Å². The molecular formula is C29H27NO4. The van der Waals surface area contributed by atoms with Crippen LogP contribution in [0, 0.1) is 5.92 Å². The third kappa shape index (κ3) is 4.90. The monoisotopic (exact) mass is 453 g/mol. The number of aliphatic carboxylic acids is 1. The van der Waals surface area contributed by atoms with E-state index in [0.717, 1.165) is 38.8 Å². The zero-order chi connectivity index (χ0) is 23.5. The van der Waals surface area contributed by atoms with Crippen molar-refractivity contribution in [1.29, 1.82) is 0 Å². The molecule has 0 bridgehead atoms. The Morgan fingerprint density at radius 1 is 1.06 bits per heavy atom.